The number of benzene rings is 2. The molecule has 1 heterocycles. The largest absolute Gasteiger partial charge is 0.335 e. The Morgan fingerprint density at radius 2 is 1.40 bits per heavy atom. The van der Waals surface area contributed by atoms with Gasteiger partial charge in [-0.1, -0.05) is 40.9 Å². The molecule has 4 nitrogen and oxygen atoms in total. The molecule has 0 unspecified atom stereocenters. The van der Waals surface area contributed by atoms with E-state index in [1.54, 1.807) is 28.0 Å². The fraction of sp³-hybridized carbons (Fsp3) is 0.263. The van der Waals surface area contributed by atoms with Gasteiger partial charge in [0.15, 0.2) is 0 Å². The summed E-state index contributed by atoms with van der Waals surface area (Å²) in [5, 5.41) is 0.839. The fourth-order valence-electron chi connectivity index (χ4n) is 2.82. The summed E-state index contributed by atoms with van der Waals surface area (Å²) < 4.78 is 0. The van der Waals surface area contributed by atoms with Gasteiger partial charge in [0.05, 0.1) is 10.6 Å². The smallest absolute Gasteiger partial charge is 0.255 e. The number of amides is 2. The van der Waals surface area contributed by atoms with Crippen molar-refractivity contribution in [2.75, 3.05) is 26.2 Å². The molecule has 0 N–H and O–H groups in total. The molecule has 1 fully saturated rings. The van der Waals surface area contributed by atoms with Gasteiger partial charge in [-0.15, -0.1) is 0 Å². The van der Waals surface area contributed by atoms with Gasteiger partial charge in [-0.3, -0.25) is 9.59 Å². The van der Waals surface area contributed by atoms with Crippen molar-refractivity contribution in [2.24, 2.45) is 0 Å². The first-order valence-corrected chi connectivity index (χ1v) is 8.81. The van der Waals surface area contributed by atoms with Gasteiger partial charge in [-0.05, 0) is 37.3 Å². The van der Waals surface area contributed by atoms with Crippen LogP contribution in [0.25, 0.3) is 0 Å². The van der Waals surface area contributed by atoms with E-state index in [0.29, 0.717) is 47.4 Å². The fourth-order valence-corrected chi connectivity index (χ4v) is 3.31. The maximum absolute atomic E-state index is 12.6. The molecule has 0 radical (unpaired) electrons. The van der Waals surface area contributed by atoms with Gasteiger partial charge in [0.25, 0.3) is 11.8 Å². The van der Waals surface area contributed by atoms with E-state index in [1.807, 2.05) is 31.2 Å². The van der Waals surface area contributed by atoms with Crippen LogP contribution in [0.2, 0.25) is 10.0 Å². The Morgan fingerprint density at radius 1 is 0.840 bits per heavy atom. The number of aryl methyl sites for hydroxylation is 1. The minimum atomic E-state index is -0.135. The Labute approximate surface area is 156 Å². The monoisotopic (exact) mass is 376 g/mol. The molecule has 2 amide bonds. The maximum Gasteiger partial charge on any atom is 0.255 e. The van der Waals surface area contributed by atoms with E-state index in [-0.39, 0.29) is 11.8 Å². The highest BCUT2D eigenvalue weighted by Gasteiger charge is 2.26. The molecule has 3 rings (SSSR count). The van der Waals surface area contributed by atoms with Crippen molar-refractivity contribution in [3.63, 3.8) is 0 Å². The molecule has 0 atom stereocenters. The summed E-state index contributed by atoms with van der Waals surface area (Å²) in [5.74, 6) is -0.138. The molecule has 2 aromatic rings. The Morgan fingerprint density at radius 3 is 1.96 bits per heavy atom. The van der Waals surface area contributed by atoms with Crippen molar-refractivity contribution in [2.45, 2.75) is 6.92 Å². The quantitative estimate of drug-likeness (QED) is 0.797. The van der Waals surface area contributed by atoms with Crippen LogP contribution in [0.5, 0.6) is 0 Å². The highest BCUT2D eigenvalue weighted by atomic mass is 35.5. The lowest BCUT2D eigenvalue weighted by molar-refractivity contribution is 0.0535. The summed E-state index contributed by atoms with van der Waals surface area (Å²) >= 11 is 12.0. The highest BCUT2D eigenvalue weighted by Crippen LogP contribution is 2.23. The normalized spacial score (nSPS) is 14.5. The number of hydrogen-bond donors (Lipinski definition) is 0. The number of nitrogens with zero attached hydrogens (tertiary/aromatic N) is 2. The number of piperazine rings is 1. The van der Waals surface area contributed by atoms with E-state index in [0.717, 1.165) is 5.56 Å². The Kier molecular flexibility index (Phi) is 5.30. The lowest BCUT2D eigenvalue weighted by Crippen LogP contribution is -2.50. The zero-order valence-electron chi connectivity index (χ0n) is 13.8. The van der Waals surface area contributed by atoms with Crippen molar-refractivity contribution in [1.82, 2.24) is 9.80 Å². The molecular formula is C19H18Cl2N2O2. The predicted octanol–water partition coefficient (Wildman–Crippen LogP) is 3.90. The third-order valence-electron chi connectivity index (χ3n) is 4.31. The summed E-state index contributed by atoms with van der Waals surface area (Å²) in [7, 11) is 0. The van der Waals surface area contributed by atoms with Crippen LogP contribution >= 0.6 is 23.2 Å². The van der Waals surface area contributed by atoms with Crippen LogP contribution in [0.1, 0.15) is 26.3 Å². The molecule has 1 saturated heterocycles. The molecule has 0 spiro atoms. The molecule has 130 valence electrons. The van der Waals surface area contributed by atoms with Crippen LogP contribution in [0.15, 0.2) is 42.5 Å². The molecule has 6 heteroatoms. The van der Waals surface area contributed by atoms with Gasteiger partial charge in [0.1, 0.15) is 0 Å². The maximum atomic E-state index is 12.6. The SMILES string of the molecule is Cc1ccc(C(=O)N2CCN(C(=O)c3ccc(Cl)cc3Cl)CC2)cc1. The third-order valence-corrected chi connectivity index (χ3v) is 4.86. The average molecular weight is 377 g/mol. The van der Waals surface area contributed by atoms with Crippen LogP contribution in [-0.2, 0) is 0 Å². The van der Waals surface area contributed by atoms with E-state index in [9.17, 15) is 9.59 Å². The predicted molar refractivity (Wildman–Crippen MR) is 99.4 cm³/mol. The van der Waals surface area contributed by atoms with E-state index >= 15 is 0 Å². The Bertz CT molecular complexity index is 798. The molecule has 0 aromatic heterocycles. The van der Waals surface area contributed by atoms with Gasteiger partial charge in [0.2, 0.25) is 0 Å². The number of rotatable bonds is 2. The van der Waals surface area contributed by atoms with Crippen LogP contribution in [0, 0.1) is 6.92 Å². The van der Waals surface area contributed by atoms with Crippen molar-refractivity contribution < 1.29 is 9.59 Å². The van der Waals surface area contributed by atoms with E-state index in [1.165, 1.54) is 0 Å². The van der Waals surface area contributed by atoms with E-state index in [4.69, 9.17) is 23.2 Å². The van der Waals surface area contributed by atoms with Crippen molar-refractivity contribution in [3.05, 3.63) is 69.2 Å². The molecule has 0 saturated carbocycles. The summed E-state index contributed by atoms with van der Waals surface area (Å²) in [4.78, 5) is 28.6. The minimum Gasteiger partial charge on any atom is -0.335 e. The lowest BCUT2D eigenvalue weighted by Gasteiger charge is -2.35. The minimum absolute atomic E-state index is 0.00313. The second-order valence-corrected chi connectivity index (χ2v) is 6.92. The lowest BCUT2D eigenvalue weighted by atomic mass is 10.1. The molecule has 1 aliphatic rings. The molecule has 25 heavy (non-hydrogen) atoms. The van der Waals surface area contributed by atoms with Gasteiger partial charge in [-0.2, -0.15) is 0 Å². The van der Waals surface area contributed by atoms with Crippen molar-refractivity contribution in [1.29, 1.82) is 0 Å². The van der Waals surface area contributed by atoms with Crippen LogP contribution < -0.4 is 0 Å². The first kappa shape index (κ1) is 17.8. The summed E-state index contributed by atoms with van der Waals surface area (Å²) in [5.41, 5.74) is 2.22. The molecule has 0 aliphatic carbocycles. The number of carbonyl (C=O) groups excluding carboxylic acids is 2. The Balaban J connectivity index is 1.64. The van der Waals surface area contributed by atoms with Gasteiger partial charge in [-0.25, -0.2) is 0 Å². The van der Waals surface area contributed by atoms with Gasteiger partial charge in [0, 0.05) is 36.8 Å². The topological polar surface area (TPSA) is 40.6 Å². The number of hydrogen-bond acceptors (Lipinski definition) is 2. The zero-order valence-corrected chi connectivity index (χ0v) is 15.3. The second-order valence-electron chi connectivity index (χ2n) is 6.07. The summed E-state index contributed by atoms with van der Waals surface area (Å²) in [6, 6.07) is 12.4. The van der Waals surface area contributed by atoms with Crippen molar-refractivity contribution >= 4 is 35.0 Å². The summed E-state index contributed by atoms with van der Waals surface area (Å²) in [6.07, 6.45) is 0. The van der Waals surface area contributed by atoms with E-state index < -0.39 is 0 Å². The van der Waals surface area contributed by atoms with E-state index in [2.05, 4.69) is 0 Å². The van der Waals surface area contributed by atoms with Gasteiger partial charge < -0.3 is 9.80 Å². The standard InChI is InChI=1S/C19H18Cl2N2O2/c1-13-2-4-14(5-3-13)18(24)22-8-10-23(11-9-22)19(25)16-7-6-15(20)12-17(16)21/h2-7,12H,8-11H2,1H3. The highest BCUT2D eigenvalue weighted by molar-refractivity contribution is 6.36. The number of halogens is 2. The third kappa shape index (κ3) is 3.97. The van der Waals surface area contributed by atoms with Crippen LogP contribution in [0.4, 0.5) is 0 Å². The Hall–Kier alpha value is -2.04. The molecular weight excluding hydrogens is 359 g/mol. The van der Waals surface area contributed by atoms with Gasteiger partial charge >= 0.3 is 0 Å². The van der Waals surface area contributed by atoms with Crippen LogP contribution in [0.3, 0.4) is 0 Å². The second kappa shape index (κ2) is 7.46. The molecule has 2 aromatic carbocycles. The average Bonchev–Trinajstić information content (AvgIpc) is 2.61. The zero-order chi connectivity index (χ0) is 18.0. The van der Waals surface area contributed by atoms with Crippen molar-refractivity contribution in [3.8, 4) is 0 Å². The first-order valence-electron chi connectivity index (χ1n) is 8.06. The molecule has 0 bridgehead atoms. The van der Waals surface area contributed by atoms with Crippen LogP contribution in [-0.4, -0.2) is 47.8 Å². The summed E-state index contributed by atoms with van der Waals surface area (Å²) in [6.45, 7) is 3.96. The molecule has 1 aliphatic heterocycles. The number of carbonyl (C=O) groups is 2. The first-order chi connectivity index (χ1) is 12.0.